The molecule has 0 aromatic heterocycles. The first-order chi connectivity index (χ1) is 13.8. The largest absolute Gasteiger partial charge is 0.465 e. The highest BCUT2D eigenvalue weighted by Gasteiger charge is 2.77. The molecule has 3 heterocycles. The Kier molecular flexibility index (Phi) is 4.07. The van der Waals surface area contributed by atoms with E-state index in [9.17, 15) is 19.1 Å². The molecule has 2 saturated heterocycles. The number of hydrogen-bond acceptors (Lipinski definition) is 3. The van der Waals surface area contributed by atoms with E-state index in [1.165, 1.54) is 17.0 Å². The summed E-state index contributed by atoms with van der Waals surface area (Å²) in [4.78, 5) is 27.2. The summed E-state index contributed by atoms with van der Waals surface area (Å²) in [7, 11) is 0. The lowest BCUT2D eigenvalue weighted by Gasteiger charge is -2.46. The number of rotatable bonds is 4. The molecule has 4 aliphatic rings. The van der Waals surface area contributed by atoms with Crippen molar-refractivity contribution in [2.24, 2.45) is 22.7 Å². The predicted octanol–water partition coefficient (Wildman–Crippen LogP) is 2.50. The van der Waals surface area contributed by atoms with E-state index in [4.69, 9.17) is 4.74 Å². The van der Waals surface area contributed by atoms with Crippen molar-refractivity contribution in [1.29, 1.82) is 0 Å². The number of nitrogens with zero attached hydrogens (tertiary/aromatic N) is 2. The van der Waals surface area contributed by atoms with Gasteiger partial charge >= 0.3 is 12.1 Å². The van der Waals surface area contributed by atoms with Crippen LogP contribution in [0, 0.1) is 28.5 Å². The quantitative estimate of drug-likeness (QED) is 0.809. The summed E-state index contributed by atoms with van der Waals surface area (Å²) >= 11 is 0. The first-order valence-electron chi connectivity index (χ1n) is 10.2. The first-order valence-corrected chi connectivity index (χ1v) is 10.2. The summed E-state index contributed by atoms with van der Waals surface area (Å²) in [6.07, 6.45) is -0.00740. The number of nitrogens with one attached hydrogen (secondary N) is 1. The molecule has 0 bridgehead atoms. The van der Waals surface area contributed by atoms with E-state index in [0.29, 0.717) is 57.8 Å². The molecule has 1 aromatic carbocycles. The van der Waals surface area contributed by atoms with Crippen LogP contribution in [0.1, 0.15) is 24.5 Å². The Morgan fingerprint density at radius 1 is 1.28 bits per heavy atom. The van der Waals surface area contributed by atoms with Crippen LogP contribution in [0.15, 0.2) is 18.2 Å². The third-order valence-electron chi connectivity index (χ3n) is 7.71. The second kappa shape index (κ2) is 6.32. The minimum atomic E-state index is -0.850. The normalized spacial score (nSPS) is 31.1. The van der Waals surface area contributed by atoms with Crippen molar-refractivity contribution in [3.8, 4) is 0 Å². The highest BCUT2D eigenvalue weighted by atomic mass is 19.1. The van der Waals surface area contributed by atoms with Crippen molar-refractivity contribution in [3.63, 3.8) is 0 Å². The molecule has 7 nitrogen and oxygen atoms in total. The number of piperidine rings is 1. The van der Waals surface area contributed by atoms with Crippen molar-refractivity contribution in [2.45, 2.75) is 26.4 Å². The molecule has 29 heavy (non-hydrogen) atoms. The van der Waals surface area contributed by atoms with Crippen LogP contribution in [0.2, 0.25) is 0 Å². The zero-order valence-corrected chi connectivity index (χ0v) is 16.5. The van der Waals surface area contributed by atoms with Crippen LogP contribution in [-0.4, -0.2) is 59.9 Å². The molecule has 0 spiro atoms. The molecule has 156 valence electrons. The number of hydrogen-bond donors (Lipinski definition) is 2. The van der Waals surface area contributed by atoms with Crippen molar-refractivity contribution >= 4 is 12.1 Å². The zero-order chi connectivity index (χ0) is 20.4. The number of halogens is 1. The Hall–Kier alpha value is -2.35. The van der Waals surface area contributed by atoms with Crippen LogP contribution >= 0.6 is 0 Å². The lowest BCUT2D eigenvalue weighted by Crippen LogP contribution is -2.51. The number of ether oxygens (including phenoxy) is 1. The summed E-state index contributed by atoms with van der Waals surface area (Å²) in [6, 6.07) is 4.53. The Balaban J connectivity index is 1.17. The van der Waals surface area contributed by atoms with Gasteiger partial charge in [0.2, 0.25) is 0 Å². The SMILES string of the molecule is CC1(C23CN(C(=O)O)CC2C3CCNC(=O)N2Cc3ccc(F)cc3C2)COC1. The van der Waals surface area contributed by atoms with Gasteiger partial charge in [-0.2, -0.15) is 0 Å². The van der Waals surface area contributed by atoms with Gasteiger partial charge in [-0.25, -0.2) is 14.0 Å². The highest BCUT2D eigenvalue weighted by molar-refractivity contribution is 5.75. The lowest BCUT2D eigenvalue weighted by atomic mass is 9.70. The van der Waals surface area contributed by atoms with Gasteiger partial charge in [-0.1, -0.05) is 13.0 Å². The van der Waals surface area contributed by atoms with Gasteiger partial charge in [0.25, 0.3) is 0 Å². The smallest absolute Gasteiger partial charge is 0.407 e. The molecular weight excluding hydrogens is 377 g/mol. The molecule has 5 rings (SSSR count). The minimum absolute atomic E-state index is 0.0181. The first kappa shape index (κ1) is 18.7. The maximum Gasteiger partial charge on any atom is 0.407 e. The Morgan fingerprint density at radius 2 is 2.03 bits per heavy atom. The maximum atomic E-state index is 13.4. The third-order valence-corrected chi connectivity index (χ3v) is 7.71. The number of urea groups is 1. The molecule has 3 fully saturated rings. The second-order valence-electron chi connectivity index (χ2n) is 9.26. The number of amides is 3. The van der Waals surface area contributed by atoms with E-state index >= 15 is 0 Å². The topological polar surface area (TPSA) is 82.1 Å². The van der Waals surface area contributed by atoms with Crippen LogP contribution in [-0.2, 0) is 17.8 Å². The van der Waals surface area contributed by atoms with E-state index in [2.05, 4.69) is 12.2 Å². The summed E-state index contributed by atoms with van der Waals surface area (Å²) < 4.78 is 18.8. The molecular formula is C21H26FN3O4. The predicted molar refractivity (Wildman–Crippen MR) is 102 cm³/mol. The van der Waals surface area contributed by atoms with E-state index in [0.717, 1.165) is 17.5 Å². The standard InChI is InChI=1S/C21H26FN3O4/c1-20(11-29-12-20)21-10-25(19(27)28)9-17(21)16(21)4-5-23-18(26)24-7-13-2-3-15(22)6-14(13)8-24/h2-3,6,16-17H,4-5,7-12H2,1H3,(H,23,26)(H,27,28). The van der Waals surface area contributed by atoms with E-state index < -0.39 is 6.09 Å². The Morgan fingerprint density at radius 3 is 2.72 bits per heavy atom. The van der Waals surface area contributed by atoms with E-state index in [-0.39, 0.29) is 22.7 Å². The summed E-state index contributed by atoms with van der Waals surface area (Å²) in [5.41, 5.74) is 1.86. The van der Waals surface area contributed by atoms with Crippen LogP contribution in [0.5, 0.6) is 0 Å². The molecule has 2 N–H and O–H groups in total. The fourth-order valence-electron chi connectivity index (χ4n) is 6.07. The minimum Gasteiger partial charge on any atom is -0.465 e. The molecule has 1 saturated carbocycles. The highest BCUT2D eigenvalue weighted by Crippen LogP contribution is 2.74. The van der Waals surface area contributed by atoms with Gasteiger partial charge < -0.3 is 25.0 Å². The molecule has 3 unspecified atom stereocenters. The fourth-order valence-corrected chi connectivity index (χ4v) is 6.07. The molecule has 0 radical (unpaired) electrons. The van der Waals surface area contributed by atoms with E-state index in [1.54, 1.807) is 11.0 Å². The van der Waals surface area contributed by atoms with Gasteiger partial charge in [-0.05, 0) is 41.5 Å². The third kappa shape index (κ3) is 2.72. The van der Waals surface area contributed by atoms with Gasteiger partial charge in [0.15, 0.2) is 0 Å². The van der Waals surface area contributed by atoms with Gasteiger partial charge in [-0.3, -0.25) is 0 Å². The number of carbonyl (C=O) groups is 2. The number of likely N-dealkylation sites (tertiary alicyclic amines) is 1. The van der Waals surface area contributed by atoms with Gasteiger partial charge in [0.1, 0.15) is 5.82 Å². The average Bonchev–Trinajstić information content (AvgIpc) is 3.01. The van der Waals surface area contributed by atoms with Crippen molar-refractivity contribution in [3.05, 3.63) is 35.1 Å². The maximum absolute atomic E-state index is 13.4. The molecule has 1 aliphatic carbocycles. The lowest BCUT2D eigenvalue weighted by molar-refractivity contribution is -0.148. The van der Waals surface area contributed by atoms with Crippen LogP contribution in [0.4, 0.5) is 14.0 Å². The van der Waals surface area contributed by atoms with Gasteiger partial charge in [0, 0.05) is 43.6 Å². The molecule has 3 aliphatic heterocycles. The fraction of sp³-hybridized carbons (Fsp3) is 0.619. The molecule has 8 heteroatoms. The number of fused-ring (bicyclic) bond motifs is 2. The monoisotopic (exact) mass is 403 g/mol. The van der Waals surface area contributed by atoms with Crippen molar-refractivity contribution in [1.82, 2.24) is 15.1 Å². The molecule has 3 atom stereocenters. The second-order valence-corrected chi connectivity index (χ2v) is 9.26. The van der Waals surface area contributed by atoms with Crippen molar-refractivity contribution < 1.29 is 23.8 Å². The summed E-state index contributed by atoms with van der Waals surface area (Å²) in [5, 5.41) is 12.4. The number of benzene rings is 1. The zero-order valence-electron chi connectivity index (χ0n) is 16.5. The number of carboxylic acid groups (broad SMARTS) is 1. The molecule has 1 aromatic rings. The summed E-state index contributed by atoms with van der Waals surface area (Å²) in [5.74, 6) is 0.487. The number of carbonyl (C=O) groups excluding carboxylic acids is 1. The van der Waals surface area contributed by atoms with Crippen molar-refractivity contribution in [2.75, 3.05) is 32.8 Å². The van der Waals surface area contributed by atoms with Gasteiger partial charge in [-0.15, -0.1) is 0 Å². The Labute approximate surface area is 168 Å². The van der Waals surface area contributed by atoms with Gasteiger partial charge in [0.05, 0.1) is 13.2 Å². The van der Waals surface area contributed by atoms with Crippen LogP contribution in [0.25, 0.3) is 0 Å². The van der Waals surface area contributed by atoms with Crippen LogP contribution in [0.3, 0.4) is 0 Å². The summed E-state index contributed by atoms with van der Waals surface area (Å²) in [6.45, 7) is 6.21. The molecule has 3 amide bonds. The average molecular weight is 403 g/mol. The van der Waals surface area contributed by atoms with E-state index in [1.807, 2.05) is 0 Å². The van der Waals surface area contributed by atoms with Crippen LogP contribution < -0.4 is 5.32 Å². The Bertz CT molecular complexity index is 873.